The summed E-state index contributed by atoms with van der Waals surface area (Å²) in [6.45, 7) is 0.343. The Kier molecular flexibility index (Phi) is 7.17. The van der Waals surface area contributed by atoms with Crippen LogP contribution in [0.3, 0.4) is 0 Å². The molecule has 9 nitrogen and oxygen atoms in total. The molecule has 0 radical (unpaired) electrons. The Hall–Kier alpha value is -4.11. The zero-order valence-electron chi connectivity index (χ0n) is 19.5. The van der Waals surface area contributed by atoms with Gasteiger partial charge < -0.3 is 29.8 Å². The van der Waals surface area contributed by atoms with Gasteiger partial charge in [-0.1, -0.05) is 48.5 Å². The number of amides is 2. The number of rotatable bonds is 9. The van der Waals surface area contributed by atoms with E-state index < -0.39 is 24.0 Å². The monoisotopic (exact) mass is 477 g/mol. The summed E-state index contributed by atoms with van der Waals surface area (Å²) in [7, 11) is 3.42. The Morgan fingerprint density at radius 1 is 1.00 bits per heavy atom. The number of likely N-dealkylation sites (N-methyl/N-ethyl adjacent to an activating group) is 1. The van der Waals surface area contributed by atoms with Crippen LogP contribution in [0, 0.1) is 0 Å². The summed E-state index contributed by atoms with van der Waals surface area (Å²) >= 11 is 0. The molecule has 0 spiro atoms. The molecule has 35 heavy (non-hydrogen) atoms. The highest BCUT2D eigenvalue weighted by Gasteiger charge is 2.29. The summed E-state index contributed by atoms with van der Waals surface area (Å²) < 4.78 is 11.0. The van der Waals surface area contributed by atoms with Gasteiger partial charge in [0.05, 0.1) is 6.54 Å². The van der Waals surface area contributed by atoms with E-state index >= 15 is 0 Å². The molecule has 0 fully saturated rings. The lowest BCUT2D eigenvalue weighted by Crippen LogP contribution is -2.46. The Balaban J connectivity index is 1.30. The number of aliphatic carboxylic acids is 1. The predicted octanol–water partition coefficient (Wildman–Crippen LogP) is 3.06. The Labute approximate surface area is 202 Å². The lowest BCUT2D eigenvalue weighted by Gasteiger charge is -2.17. The van der Waals surface area contributed by atoms with Crippen molar-refractivity contribution in [1.29, 1.82) is 0 Å². The van der Waals surface area contributed by atoms with E-state index in [1.165, 1.54) is 6.07 Å². The fourth-order valence-electron chi connectivity index (χ4n) is 4.18. The predicted molar refractivity (Wildman–Crippen MR) is 128 cm³/mol. The summed E-state index contributed by atoms with van der Waals surface area (Å²) in [5, 5.41) is 14.3. The van der Waals surface area contributed by atoms with Crippen LogP contribution in [0.1, 0.15) is 33.4 Å². The van der Waals surface area contributed by atoms with E-state index in [-0.39, 0.29) is 31.4 Å². The number of alkyl carbamates (subject to hydrolysis) is 1. The summed E-state index contributed by atoms with van der Waals surface area (Å²) in [5.74, 6) is -1.54. The van der Waals surface area contributed by atoms with Crippen LogP contribution in [-0.4, -0.2) is 61.3 Å². The van der Waals surface area contributed by atoms with Gasteiger partial charge in [-0.3, -0.25) is 4.79 Å². The van der Waals surface area contributed by atoms with Crippen molar-refractivity contribution in [3.05, 3.63) is 83.3 Å². The van der Waals surface area contributed by atoms with Gasteiger partial charge in [0.25, 0.3) is 5.91 Å². The number of carboxylic acids is 1. The fourth-order valence-corrected chi connectivity index (χ4v) is 4.18. The minimum Gasteiger partial charge on any atom is -0.480 e. The number of carbonyl (C=O) groups excluding carboxylic acids is 2. The summed E-state index contributed by atoms with van der Waals surface area (Å²) in [4.78, 5) is 37.7. The second kappa shape index (κ2) is 10.4. The third kappa shape index (κ3) is 5.52. The highest BCUT2D eigenvalue weighted by atomic mass is 16.5. The van der Waals surface area contributed by atoms with Crippen molar-refractivity contribution in [2.75, 3.05) is 27.2 Å². The average Bonchev–Trinajstić information content (AvgIpc) is 3.44. The number of hydrogen-bond donors (Lipinski definition) is 3. The maximum atomic E-state index is 12.3. The number of carbonyl (C=O) groups is 3. The topological polar surface area (TPSA) is 121 Å². The van der Waals surface area contributed by atoms with Gasteiger partial charge in [0.1, 0.15) is 18.4 Å². The third-order valence-corrected chi connectivity index (χ3v) is 5.79. The molecule has 1 aromatic heterocycles. The fraction of sp³-hybridized carbons (Fsp3) is 0.269. The molecular weight excluding hydrogens is 450 g/mol. The number of hydrogen-bond acceptors (Lipinski definition) is 6. The zero-order chi connectivity index (χ0) is 24.9. The van der Waals surface area contributed by atoms with Crippen molar-refractivity contribution in [2.45, 2.75) is 18.5 Å². The molecule has 3 N–H and O–H groups in total. The first-order valence-electron chi connectivity index (χ1n) is 11.2. The van der Waals surface area contributed by atoms with Crippen LogP contribution in [0.4, 0.5) is 4.79 Å². The van der Waals surface area contributed by atoms with Crippen molar-refractivity contribution < 1.29 is 28.6 Å². The molecule has 182 valence electrons. The molecule has 1 aliphatic carbocycles. The summed E-state index contributed by atoms with van der Waals surface area (Å²) in [6.07, 6.45) is -0.605. The molecule has 2 amide bonds. The van der Waals surface area contributed by atoms with Gasteiger partial charge in [0, 0.05) is 12.5 Å². The molecule has 1 heterocycles. The Morgan fingerprint density at radius 2 is 1.63 bits per heavy atom. The molecule has 1 atom stereocenters. The van der Waals surface area contributed by atoms with Crippen LogP contribution in [-0.2, 0) is 16.1 Å². The van der Waals surface area contributed by atoms with Crippen molar-refractivity contribution in [3.8, 4) is 11.1 Å². The highest BCUT2D eigenvalue weighted by Crippen LogP contribution is 2.44. The van der Waals surface area contributed by atoms with Gasteiger partial charge >= 0.3 is 12.1 Å². The van der Waals surface area contributed by atoms with Crippen LogP contribution in [0.15, 0.2) is 65.1 Å². The first kappa shape index (κ1) is 24.0. The van der Waals surface area contributed by atoms with Gasteiger partial charge in [-0.05, 0) is 48.5 Å². The number of ether oxygens (including phenoxy) is 1. The normalized spacial score (nSPS) is 13.1. The van der Waals surface area contributed by atoms with Crippen molar-refractivity contribution in [1.82, 2.24) is 15.5 Å². The number of carboxylic acid groups (broad SMARTS) is 1. The van der Waals surface area contributed by atoms with Gasteiger partial charge in [0.2, 0.25) is 0 Å². The molecule has 2 aromatic carbocycles. The van der Waals surface area contributed by atoms with Gasteiger partial charge in [-0.15, -0.1) is 0 Å². The molecule has 9 heteroatoms. The number of nitrogens with one attached hydrogen (secondary N) is 2. The Bertz CT molecular complexity index is 1190. The standard InChI is InChI=1S/C26H27N3O6/c1-29(2)14-22(25(31)32)28-24(30)23-12-11-16(35-23)13-27-26(33)34-15-21-19-9-5-3-7-17(19)18-8-4-6-10-20(18)21/h3-12,21-22H,13-15H2,1-2H3,(H,27,33)(H,28,30)(H,31,32). The third-order valence-electron chi connectivity index (χ3n) is 5.79. The van der Waals surface area contributed by atoms with E-state index in [9.17, 15) is 19.5 Å². The van der Waals surface area contributed by atoms with Crippen LogP contribution < -0.4 is 10.6 Å². The molecule has 1 aliphatic rings. The Morgan fingerprint density at radius 3 is 2.23 bits per heavy atom. The molecule has 1 unspecified atom stereocenters. The summed E-state index contributed by atoms with van der Waals surface area (Å²) in [6, 6.07) is 18.1. The minimum absolute atomic E-state index is 0.0179. The quantitative estimate of drug-likeness (QED) is 0.433. The molecule has 0 aliphatic heterocycles. The number of furan rings is 1. The largest absolute Gasteiger partial charge is 0.480 e. The van der Waals surface area contributed by atoms with E-state index in [0.717, 1.165) is 22.3 Å². The molecular formula is C26H27N3O6. The van der Waals surface area contributed by atoms with Gasteiger partial charge in [-0.25, -0.2) is 9.59 Å². The van der Waals surface area contributed by atoms with Crippen LogP contribution in [0.25, 0.3) is 11.1 Å². The van der Waals surface area contributed by atoms with E-state index in [1.54, 1.807) is 25.1 Å². The second-order valence-electron chi connectivity index (χ2n) is 8.57. The number of fused-ring (bicyclic) bond motifs is 3. The van der Waals surface area contributed by atoms with E-state index in [2.05, 4.69) is 22.8 Å². The molecule has 3 aromatic rings. The highest BCUT2D eigenvalue weighted by molar-refractivity contribution is 5.94. The maximum absolute atomic E-state index is 12.3. The molecule has 0 saturated carbocycles. The number of benzene rings is 2. The SMILES string of the molecule is CN(C)CC(NC(=O)c1ccc(CNC(=O)OCC2c3ccccc3-c3ccccc32)o1)C(=O)O. The number of nitrogens with zero attached hydrogens (tertiary/aromatic N) is 1. The maximum Gasteiger partial charge on any atom is 0.407 e. The molecule has 0 saturated heterocycles. The zero-order valence-corrected chi connectivity index (χ0v) is 19.5. The lowest BCUT2D eigenvalue weighted by molar-refractivity contribution is -0.139. The van der Waals surface area contributed by atoms with Crippen molar-refractivity contribution in [2.24, 2.45) is 0 Å². The van der Waals surface area contributed by atoms with Crippen LogP contribution in [0.2, 0.25) is 0 Å². The lowest BCUT2D eigenvalue weighted by atomic mass is 9.98. The van der Waals surface area contributed by atoms with Gasteiger partial charge in [-0.2, -0.15) is 0 Å². The van der Waals surface area contributed by atoms with Crippen LogP contribution >= 0.6 is 0 Å². The summed E-state index contributed by atoms with van der Waals surface area (Å²) in [5.41, 5.74) is 4.54. The van der Waals surface area contributed by atoms with E-state index in [4.69, 9.17) is 9.15 Å². The first-order chi connectivity index (χ1) is 16.8. The smallest absolute Gasteiger partial charge is 0.407 e. The average molecular weight is 478 g/mol. The van der Waals surface area contributed by atoms with Gasteiger partial charge in [0.15, 0.2) is 5.76 Å². The molecule has 0 bridgehead atoms. The minimum atomic E-state index is -1.14. The van der Waals surface area contributed by atoms with E-state index in [1.807, 2.05) is 36.4 Å². The first-order valence-corrected chi connectivity index (χ1v) is 11.2. The van der Waals surface area contributed by atoms with E-state index in [0.29, 0.717) is 5.76 Å². The van der Waals surface area contributed by atoms with Crippen LogP contribution in [0.5, 0.6) is 0 Å². The molecule has 4 rings (SSSR count). The second-order valence-corrected chi connectivity index (χ2v) is 8.57. The van der Waals surface area contributed by atoms with Crippen molar-refractivity contribution in [3.63, 3.8) is 0 Å². The van der Waals surface area contributed by atoms with Crippen molar-refractivity contribution >= 4 is 18.0 Å².